The van der Waals surface area contributed by atoms with Crippen molar-refractivity contribution >= 4 is 12.0 Å². The SMILES string of the molecule is O=C(C1CCN(C/C=C/c2ccccc2)CC1)N1CCOCC1. The number of amides is 1. The van der Waals surface area contributed by atoms with Gasteiger partial charge >= 0.3 is 0 Å². The monoisotopic (exact) mass is 314 g/mol. The van der Waals surface area contributed by atoms with Gasteiger partial charge in [-0.1, -0.05) is 42.5 Å². The van der Waals surface area contributed by atoms with Crippen molar-refractivity contribution in [2.75, 3.05) is 45.9 Å². The predicted octanol–water partition coefficient (Wildman–Crippen LogP) is 2.27. The van der Waals surface area contributed by atoms with Crippen molar-refractivity contribution in [3.63, 3.8) is 0 Å². The number of ether oxygens (including phenoxy) is 1. The molecule has 2 aliphatic heterocycles. The second-order valence-corrected chi connectivity index (χ2v) is 6.33. The summed E-state index contributed by atoms with van der Waals surface area (Å²) in [5.74, 6) is 0.551. The third-order valence-corrected chi connectivity index (χ3v) is 4.73. The van der Waals surface area contributed by atoms with Gasteiger partial charge in [0.05, 0.1) is 13.2 Å². The van der Waals surface area contributed by atoms with Crippen molar-refractivity contribution in [2.45, 2.75) is 12.8 Å². The van der Waals surface area contributed by atoms with Gasteiger partial charge in [-0.3, -0.25) is 9.69 Å². The number of piperidine rings is 1. The minimum atomic E-state index is 0.211. The van der Waals surface area contributed by atoms with Crippen LogP contribution in [-0.2, 0) is 9.53 Å². The molecule has 2 heterocycles. The summed E-state index contributed by atoms with van der Waals surface area (Å²) in [6.07, 6.45) is 6.36. The van der Waals surface area contributed by atoms with E-state index in [-0.39, 0.29) is 5.92 Å². The first-order valence-corrected chi connectivity index (χ1v) is 8.63. The Bertz CT molecular complexity index is 515. The first-order chi connectivity index (χ1) is 11.3. The second kappa shape index (κ2) is 8.27. The topological polar surface area (TPSA) is 32.8 Å². The van der Waals surface area contributed by atoms with Gasteiger partial charge in [0, 0.05) is 25.6 Å². The van der Waals surface area contributed by atoms with E-state index in [0.29, 0.717) is 19.1 Å². The fourth-order valence-electron chi connectivity index (χ4n) is 3.31. The molecule has 0 spiro atoms. The molecule has 0 radical (unpaired) electrons. The lowest BCUT2D eigenvalue weighted by Crippen LogP contribution is -2.46. The van der Waals surface area contributed by atoms with Gasteiger partial charge in [0.15, 0.2) is 0 Å². The number of benzene rings is 1. The van der Waals surface area contributed by atoms with Gasteiger partial charge in [-0.2, -0.15) is 0 Å². The molecular weight excluding hydrogens is 288 g/mol. The van der Waals surface area contributed by atoms with Crippen LogP contribution in [0.2, 0.25) is 0 Å². The van der Waals surface area contributed by atoms with Gasteiger partial charge in [-0.25, -0.2) is 0 Å². The zero-order chi connectivity index (χ0) is 15.9. The summed E-state index contributed by atoms with van der Waals surface area (Å²) in [6, 6.07) is 10.4. The average Bonchev–Trinajstić information content (AvgIpc) is 2.63. The maximum absolute atomic E-state index is 12.5. The molecule has 3 rings (SSSR count). The summed E-state index contributed by atoms with van der Waals surface area (Å²) in [4.78, 5) is 16.9. The Morgan fingerprint density at radius 2 is 1.78 bits per heavy atom. The normalized spacial score (nSPS) is 21.0. The van der Waals surface area contributed by atoms with E-state index >= 15 is 0 Å². The van der Waals surface area contributed by atoms with E-state index in [1.807, 2.05) is 11.0 Å². The lowest BCUT2D eigenvalue weighted by atomic mass is 9.95. The molecule has 2 saturated heterocycles. The number of likely N-dealkylation sites (tertiary alicyclic amines) is 1. The molecule has 1 amide bonds. The smallest absolute Gasteiger partial charge is 0.225 e. The summed E-state index contributed by atoms with van der Waals surface area (Å²) in [5, 5.41) is 0. The van der Waals surface area contributed by atoms with Crippen LogP contribution in [0.25, 0.3) is 6.08 Å². The van der Waals surface area contributed by atoms with Crippen LogP contribution in [0.3, 0.4) is 0 Å². The quantitative estimate of drug-likeness (QED) is 0.855. The van der Waals surface area contributed by atoms with Crippen molar-refractivity contribution in [3.05, 3.63) is 42.0 Å². The van der Waals surface area contributed by atoms with Crippen LogP contribution in [0.4, 0.5) is 0 Å². The number of rotatable bonds is 4. The number of carbonyl (C=O) groups is 1. The van der Waals surface area contributed by atoms with E-state index in [1.165, 1.54) is 5.56 Å². The van der Waals surface area contributed by atoms with Crippen LogP contribution in [0.5, 0.6) is 0 Å². The van der Waals surface area contributed by atoms with Crippen molar-refractivity contribution in [3.8, 4) is 0 Å². The number of nitrogens with zero attached hydrogens (tertiary/aromatic N) is 2. The summed E-state index contributed by atoms with van der Waals surface area (Å²) >= 11 is 0. The van der Waals surface area contributed by atoms with Crippen molar-refractivity contribution < 1.29 is 9.53 Å². The third-order valence-electron chi connectivity index (χ3n) is 4.73. The lowest BCUT2D eigenvalue weighted by Gasteiger charge is -2.35. The number of hydrogen-bond donors (Lipinski definition) is 0. The third kappa shape index (κ3) is 4.66. The van der Waals surface area contributed by atoms with Crippen LogP contribution >= 0.6 is 0 Å². The molecule has 2 fully saturated rings. The highest BCUT2D eigenvalue weighted by atomic mass is 16.5. The minimum absolute atomic E-state index is 0.211. The molecule has 0 N–H and O–H groups in total. The molecule has 0 atom stereocenters. The number of carbonyl (C=O) groups excluding carboxylic acids is 1. The molecule has 0 bridgehead atoms. The molecular formula is C19H26N2O2. The molecule has 0 unspecified atom stereocenters. The van der Waals surface area contributed by atoms with Crippen LogP contribution in [-0.4, -0.2) is 61.6 Å². The first kappa shape index (κ1) is 16.2. The minimum Gasteiger partial charge on any atom is -0.378 e. The van der Waals surface area contributed by atoms with Gasteiger partial charge in [0.1, 0.15) is 0 Å². The molecule has 23 heavy (non-hydrogen) atoms. The van der Waals surface area contributed by atoms with Crippen LogP contribution in [0.1, 0.15) is 18.4 Å². The zero-order valence-corrected chi connectivity index (χ0v) is 13.7. The van der Waals surface area contributed by atoms with Crippen molar-refractivity contribution in [1.82, 2.24) is 9.80 Å². The Kier molecular flexibility index (Phi) is 5.83. The van der Waals surface area contributed by atoms with Gasteiger partial charge < -0.3 is 9.64 Å². The highest BCUT2D eigenvalue weighted by Crippen LogP contribution is 2.20. The maximum Gasteiger partial charge on any atom is 0.225 e. The zero-order valence-electron chi connectivity index (χ0n) is 13.7. The van der Waals surface area contributed by atoms with E-state index in [4.69, 9.17) is 4.74 Å². The van der Waals surface area contributed by atoms with Crippen molar-refractivity contribution in [1.29, 1.82) is 0 Å². The summed E-state index contributed by atoms with van der Waals surface area (Å²) in [7, 11) is 0. The molecule has 0 saturated carbocycles. The molecule has 2 aliphatic rings. The second-order valence-electron chi connectivity index (χ2n) is 6.33. The maximum atomic E-state index is 12.5. The largest absolute Gasteiger partial charge is 0.378 e. The van der Waals surface area contributed by atoms with E-state index in [1.54, 1.807) is 0 Å². The highest BCUT2D eigenvalue weighted by molar-refractivity contribution is 5.79. The molecule has 1 aromatic carbocycles. The fraction of sp³-hybridized carbons (Fsp3) is 0.526. The average molecular weight is 314 g/mol. The van der Waals surface area contributed by atoms with Crippen molar-refractivity contribution in [2.24, 2.45) is 5.92 Å². The summed E-state index contributed by atoms with van der Waals surface area (Å²) in [5.41, 5.74) is 1.24. The lowest BCUT2D eigenvalue weighted by molar-refractivity contribution is -0.141. The van der Waals surface area contributed by atoms with E-state index in [9.17, 15) is 4.79 Å². The summed E-state index contributed by atoms with van der Waals surface area (Å²) < 4.78 is 5.33. The Morgan fingerprint density at radius 3 is 2.48 bits per heavy atom. The highest BCUT2D eigenvalue weighted by Gasteiger charge is 2.28. The molecule has 0 aliphatic carbocycles. The molecule has 124 valence electrons. The molecule has 4 nitrogen and oxygen atoms in total. The van der Waals surface area contributed by atoms with E-state index in [0.717, 1.165) is 45.6 Å². The predicted molar refractivity (Wildman–Crippen MR) is 92.0 cm³/mol. The standard InChI is InChI=1S/C19H26N2O2/c22-19(21-13-15-23-16-14-21)18-8-11-20(12-9-18)10-4-7-17-5-2-1-3-6-17/h1-7,18H,8-16H2/b7-4+. The Morgan fingerprint density at radius 1 is 1.09 bits per heavy atom. The number of morpholine rings is 1. The molecule has 4 heteroatoms. The van der Waals surface area contributed by atoms with Gasteiger partial charge in [-0.05, 0) is 31.5 Å². The molecule has 0 aromatic heterocycles. The number of hydrogen-bond acceptors (Lipinski definition) is 3. The van der Waals surface area contributed by atoms with Gasteiger partial charge in [0.2, 0.25) is 5.91 Å². The first-order valence-electron chi connectivity index (χ1n) is 8.63. The van der Waals surface area contributed by atoms with Crippen LogP contribution in [0, 0.1) is 5.92 Å². The summed E-state index contributed by atoms with van der Waals surface area (Å²) in [6.45, 7) is 5.90. The Balaban J connectivity index is 1.41. The van der Waals surface area contributed by atoms with Gasteiger partial charge in [0.25, 0.3) is 0 Å². The van der Waals surface area contributed by atoms with Crippen LogP contribution in [0.15, 0.2) is 36.4 Å². The van der Waals surface area contributed by atoms with E-state index < -0.39 is 0 Å². The fourth-order valence-corrected chi connectivity index (χ4v) is 3.31. The Hall–Kier alpha value is -1.65. The molecule has 1 aromatic rings. The van der Waals surface area contributed by atoms with Crippen LogP contribution < -0.4 is 0 Å². The van der Waals surface area contributed by atoms with Gasteiger partial charge in [-0.15, -0.1) is 0 Å². The Labute approximate surface area is 138 Å². The van der Waals surface area contributed by atoms with E-state index in [2.05, 4.69) is 41.3 Å².